The molecule has 0 bridgehead atoms. The summed E-state index contributed by atoms with van der Waals surface area (Å²) >= 11 is 7.49. The summed E-state index contributed by atoms with van der Waals surface area (Å²) in [6, 6.07) is 14.6. The van der Waals surface area contributed by atoms with Crippen molar-refractivity contribution in [3.05, 3.63) is 58.9 Å². The van der Waals surface area contributed by atoms with Gasteiger partial charge in [0.1, 0.15) is 5.01 Å². The smallest absolute Gasteiger partial charge is 0.236 e. The van der Waals surface area contributed by atoms with Crippen molar-refractivity contribution in [2.75, 3.05) is 13.1 Å². The molecule has 4 nitrogen and oxygen atoms in total. The molecule has 0 spiro atoms. The van der Waals surface area contributed by atoms with Crippen LogP contribution in [-0.4, -0.2) is 30.8 Å². The van der Waals surface area contributed by atoms with E-state index >= 15 is 0 Å². The van der Waals surface area contributed by atoms with Gasteiger partial charge in [0.15, 0.2) is 0 Å². The lowest BCUT2D eigenvalue weighted by molar-refractivity contribution is 0.288. The first-order chi connectivity index (χ1) is 13.4. The van der Waals surface area contributed by atoms with Gasteiger partial charge >= 0.3 is 0 Å². The number of thiazole rings is 1. The van der Waals surface area contributed by atoms with E-state index in [-0.39, 0.29) is 0 Å². The Balaban J connectivity index is 1.61. The predicted molar refractivity (Wildman–Crippen MR) is 115 cm³/mol. The minimum Gasteiger partial charge on any atom is -0.236 e. The third-order valence-electron chi connectivity index (χ3n) is 5.11. The maximum Gasteiger partial charge on any atom is 0.243 e. The number of nitrogens with zero attached hydrogens (tertiary/aromatic N) is 2. The number of benzene rings is 2. The molecule has 1 fully saturated rings. The summed E-state index contributed by atoms with van der Waals surface area (Å²) in [7, 11) is -3.47. The second-order valence-corrected chi connectivity index (χ2v) is 10.4. The van der Waals surface area contributed by atoms with E-state index in [4.69, 9.17) is 16.6 Å². The molecule has 0 amide bonds. The van der Waals surface area contributed by atoms with E-state index in [2.05, 4.69) is 6.92 Å². The Kier molecular flexibility index (Phi) is 5.56. The molecule has 4 rings (SSSR count). The van der Waals surface area contributed by atoms with Gasteiger partial charge in [-0.1, -0.05) is 42.8 Å². The van der Waals surface area contributed by atoms with Crippen molar-refractivity contribution in [2.24, 2.45) is 5.92 Å². The Morgan fingerprint density at radius 2 is 1.79 bits per heavy atom. The lowest BCUT2D eigenvalue weighted by Crippen LogP contribution is -2.37. The zero-order valence-electron chi connectivity index (χ0n) is 15.5. The third-order valence-corrected chi connectivity index (χ3v) is 8.14. The molecule has 0 aliphatic carbocycles. The Morgan fingerprint density at radius 3 is 2.50 bits per heavy atom. The lowest BCUT2D eigenvalue weighted by atomic mass is 10.0. The fraction of sp³-hybridized carbons (Fsp3) is 0.286. The van der Waals surface area contributed by atoms with Crippen LogP contribution in [0.25, 0.3) is 21.8 Å². The topological polar surface area (TPSA) is 50.3 Å². The number of piperidine rings is 1. The van der Waals surface area contributed by atoms with Gasteiger partial charge in [0.2, 0.25) is 10.0 Å². The number of aromatic nitrogens is 1. The average molecular weight is 433 g/mol. The molecule has 1 aromatic heterocycles. The molecular formula is C21H21ClN2O2S2. The molecule has 1 aliphatic heterocycles. The number of halogens is 1. The molecule has 1 aliphatic rings. The van der Waals surface area contributed by atoms with Gasteiger partial charge in [-0.3, -0.25) is 0 Å². The Hall–Kier alpha value is -1.73. The normalized spacial score (nSPS) is 16.4. The molecule has 0 saturated carbocycles. The van der Waals surface area contributed by atoms with Crippen molar-refractivity contribution in [2.45, 2.75) is 24.7 Å². The van der Waals surface area contributed by atoms with Crippen molar-refractivity contribution in [3.63, 3.8) is 0 Å². The fourth-order valence-corrected chi connectivity index (χ4v) is 5.80. The maximum absolute atomic E-state index is 13.0. The van der Waals surface area contributed by atoms with Crippen molar-refractivity contribution < 1.29 is 8.42 Å². The Labute approximate surface area is 174 Å². The van der Waals surface area contributed by atoms with Crippen LogP contribution in [0, 0.1) is 5.92 Å². The van der Waals surface area contributed by atoms with Gasteiger partial charge in [0, 0.05) is 34.6 Å². The monoisotopic (exact) mass is 432 g/mol. The summed E-state index contributed by atoms with van der Waals surface area (Å²) in [4.78, 5) is 5.03. The van der Waals surface area contributed by atoms with Crippen LogP contribution in [0.4, 0.5) is 0 Å². The van der Waals surface area contributed by atoms with Crippen LogP contribution in [0.15, 0.2) is 58.8 Å². The molecule has 2 aromatic carbocycles. The highest BCUT2D eigenvalue weighted by molar-refractivity contribution is 7.89. The number of hydrogen-bond donors (Lipinski definition) is 0. The van der Waals surface area contributed by atoms with E-state index < -0.39 is 10.0 Å². The standard InChI is InChI=1S/C21H21ClN2O2S2/c1-15-9-11-24(12-10-15)28(25,26)19-4-2-3-17(13-19)20-14-27-21(23-20)16-5-7-18(22)8-6-16/h2-8,13-15H,9-12H2,1H3. The minimum atomic E-state index is -3.47. The lowest BCUT2D eigenvalue weighted by Gasteiger charge is -2.29. The molecule has 1 saturated heterocycles. The van der Waals surface area contributed by atoms with E-state index in [1.807, 2.05) is 35.7 Å². The second kappa shape index (κ2) is 7.95. The predicted octanol–water partition coefficient (Wildman–Crippen LogP) is 5.55. The molecular weight excluding hydrogens is 412 g/mol. The van der Waals surface area contributed by atoms with Crippen LogP contribution in [0.1, 0.15) is 19.8 Å². The molecule has 146 valence electrons. The van der Waals surface area contributed by atoms with Gasteiger partial charge in [0.05, 0.1) is 10.6 Å². The molecule has 0 unspecified atom stereocenters. The summed E-state index contributed by atoms with van der Waals surface area (Å²) in [6.07, 6.45) is 1.82. The van der Waals surface area contributed by atoms with Gasteiger partial charge in [-0.05, 0) is 43.0 Å². The van der Waals surface area contributed by atoms with E-state index in [0.717, 1.165) is 34.7 Å². The fourth-order valence-electron chi connectivity index (χ4n) is 3.32. The van der Waals surface area contributed by atoms with Gasteiger partial charge in [0.25, 0.3) is 0 Å². The summed E-state index contributed by atoms with van der Waals surface area (Å²) < 4.78 is 27.7. The minimum absolute atomic E-state index is 0.334. The zero-order chi connectivity index (χ0) is 19.7. The first-order valence-corrected chi connectivity index (χ1v) is 12.0. The van der Waals surface area contributed by atoms with Gasteiger partial charge in [-0.2, -0.15) is 4.31 Å². The first-order valence-electron chi connectivity index (χ1n) is 9.25. The van der Waals surface area contributed by atoms with Crippen LogP contribution in [0.5, 0.6) is 0 Å². The molecule has 2 heterocycles. The first kappa shape index (κ1) is 19.6. The van der Waals surface area contributed by atoms with E-state index in [1.54, 1.807) is 22.5 Å². The molecule has 3 aromatic rings. The van der Waals surface area contributed by atoms with E-state index in [0.29, 0.717) is 28.9 Å². The van der Waals surface area contributed by atoms with Crippen molar-refractivity contribution >= 4 is 33.0 Å². The molecule has 0 radical (unpaired) electrons. The summed E-state index contributed by atoms with van der Waals surface area (Å²) in [5, 5.41) is 3.52. The van der Waals surface area contributed by atoms with Crippen LogP contribution in [0.3, 0.4) is 0 Å². The Morgan fingerprint density at radius 1 is 1.07 bits per heavy atom. The molecule has 0 N–H and O–H groups in total. The highest BCUT2D eigenvalue weighted by Gasteiger charge is 2.28. The van der Waals surface area contributed by atoms with Crippen molar-refractivity contribution in [1.82, 2.24) is 9.29 Å². The zero-order valence-corrected chi connectivity index (χ0v) is 17.9. The molecule has 0 atom stereocenters. The maximum atomic E-state index is 13.0. The molecule has 7 heteroatoms. The number of rotatable bonds is 4. The molecule has 28 heavy (non-hydrogen) atoms. The van der Waals surface area contributed by atoms with Crippen LogP contribution in [-0.2, 0) is 10.0 Å². The van der Waals surface area contributed by atoms with Gasteiger partial charge in [-0.25, -0.2) is 13.4 Å². The quantitative estimate of drug-likeness (QED) is 0.543. The van der Waals surface area contributed by atoms with E-state index in [9.17, 15) is 8.42 Å². The van der Waals surface area contributed by atoms with Crippen LogP contribution in [0.2, 0.25) is 5.02 Å². The summed E-state index contributed by atoms with van der Waals surface area (Å²) in [5.74, 6) is 0.582. The van der Waals surface area contributed by atoms with Crippen LogP contribution < -0.4 is 0 Å². The third kappa shape index (κ3) is 4.01. The van der Waals surface area contributed by atoms with Gasteiger partial charge < -0.3 is 0 Å². The second-order valence-electron chi connectivity index (χ2n) is 7.16. The summed E-state index contributed by atoms with van der Waals surface area (Å²) in [5.41, 5.74) is 2.58. The van der Waals surface area contributed by atoms with Crippen molar-refractivity contribution in [3.8, 4) is 21.8 Å². The van der Waals surface area contributed by atoms with Crippen LogP contribution >= 0.6 is 22.9 Å². The van der Waals surface area contributed by atoms with Gasteiger partial charge in [-0.15, -0.1) is 11.3 Å². The summed E-state index contributed by atoms with van der Waals surface area (Å²) in [6.45, 7) is 3.35. The van der Waals surface area contributed by atoms with E-state index in [1.165, 1.54) is 11.3 Å². The number of hydrogen-bond acceptors (Lipinski definition) is 4. The average Bonchev–Trinajstić information content (AvgIpc) is 3.19. The highest BCUT2D eigenvalue weighted by atomic mass is 35.5. The number of sulfonamides is 1. The SMILES string of the molecule is CC1CCN(S(=O)(=O)c2cccc(-c3csc(-c4ccc(Cl)cc4)n3)c2)CC1. The van der Waals surface area contributed by atoms with Crippen molar-refractivity contribution in [1.29, 1.82) is 0 Å². The highest BCUT2D eigenvalue weighted by Crippen LogP contribution is 2.31. The largest absolute Gasteiger partial charge is 0.243 e. The Bertz CT molecular complexity index is 1070.